The second-order valence-electron chi connectivity index (χ2n) is 1.97. The van der Waals surface area contributed by atoms with Gasteiger partial charge in [-0.15, -0.1) is 0 Å². The highest BCUT2D eigenvalue weighted by molar-refractivity contribution is 5.43. The predicted octanol–water partition coefficient (Wildman–Crippen LogP) is 0.995. The van der Waals surface area contributed by atoms with Crippen molar-refractivity contribution in [1.29, 1.82) is 0 Å². The van der Waals surface area contributed by atoms with Gasteiger partial charge in [-0.3, -0.25) is 5.11 Å². The molecule has 0 atom stereocenters. The Kier molecular flexibility index (Phi) is 1.78. The summed E-state index contributed by atoms with van der Waals surface area (Å²) in [6.45, 7) is 0.196. The maximum absolute atomic E-state index is 10.7. The number of phenolic OH excluding ortho intramolecular Hbond substituents is 1. The Morgan fingerprint density at radius 3 is 2.70 bits per heavy atom. The minimum Gasteiger partial charge on any atom is -0.504 e. The van der Waals surface area contributed by atoms with E-state index in [2.05, 4.69) is 0 Å². The number of rotatable bonds is 1. The van der Waals surface area contributed by atoms with Crippen molar-refractivity contribution in [3.63, 3.8) is 0 Å². The van der Waals surface area contributed by atoms with E-state index >= 15 is 0 Å². The molecule has 0 aromatic heterocycles. The number of hydrogen-bond donors (Lipinski definition) is 2. The third kappa shape index (κ3) is 1.04. The molecule has 1 rings (SSSR count). The van der Waals surface area contributed by atoms with Crippen LogP contribution in [-0.4, -0.2) is 5.11 Å². The van der Waals surface area contributed by atoms with Crippen LogP contribution in [0.1, 0.15) is 5.56 Å². The molecular weight excluding hydrogens is 130 g/mol. The van der Waals surface area contributed by atoms with Crippen LogP contribution in [0, 0.1) is 0 Å². The summed E-state index contributed by atoms with van der Waals surface area (Å²) in [6.07, 6.45) is 0. The second-order valence-corrected chi connectivity index (χ2v) is 1.97. The molecule has 0 bridgehead atoms. The Morgan fingerprint density at radius 2 is 2.20 bits per heavy atom. The van der Waals surface area contributed by atoms with Crippen molar-refractivity contribution in [2.45, 2.75) is 6.54 Å². The topological polar surface area (TPSA) is 66.2 Å². The summed E-state index contributed by atoms with van der Waals surface area (Å²) in [4.78, 5) is 0. The van der Waals surface area contributed by atoms with Crippen molar-refractivity contribution in [1.82, 2.24) is 0 Å². The molecule has 0 aliphatic carbocycles. The lowest BCUT2D eigenvalue weighted by atomic mass is 10.2. The Morgan fingerprint density at radius 1 is 1.50 bits per heavy atom. The first kappa shape index (κ1) is 6.89. The van der Waals surface area contributed by atoms with E-state index in [0.717, 1.165) is 0 Å². The Labute approximate surface area is 58.7 Å². The maximum atomic E-state index is 10.7. The molecule has 53 valence electrons. The molecule has 0 unspecified atom stereocenters. The van der Waals surface area contributed by atoms with Gasteiger partial charge in [0.1, 0.15) is 0 Å². The fourth-order valence-corrected chi connectivity index (χ4v) is 0.732. The van der Waals surface area contributed by atoms with Gasteiger partial charge in [-0.1, -0.05) is 12.1 Å². The zero-order chi connectivity index (χ0) is 7.56. The van der Waals surface area contributed by atoms with Gasteiger partial charge in [-0.05, 0) is 6.07 Å². The van der Waals surface area contributed by atoms with Gasteiger partial charge >= 0.3 is 0 Å². The third-order valence-corrected chi connectivity index (χ3v) is 1.30. The molecule has 1 aromatic rings. The number of nitrogens with two attached hydrogens (primary N) is 1. The van der Waals surface area contributed by atoms with Crippen LogP contribution >= 0.6 is 0 Å². The molecule has 0 fully saturated rings. The van der Waals surface area contributed by atoms with Crippen molar-refractivity contribution in [3.8, 4) is 11.5 Å². The fourth-order valence-electron chi connectivity index (χ4n) is 0.732. The molecule has 0 saturated heterocycles. The lowest BCUT2D eigenvalue weighted by Gasteiger charge is -1.99. The molecule has 0 aliphatic rings. The summed E-state index contributed by atoms with van der Waals surface area (Å²) in [5.74, 6) is -0.604. The van der Waals surface area contributed by atoms with Crippen LogP contribution in [0.3, 0.4) is 0 Å². The van der Waals surface area contributed by atoms with Crippen molar-refractivity contribution in [2.75, 3.05) is 0 Å². The van der Waals surface area contributed by atoms with Crippen molar-refractivity contribution < 1.29 is 10.2 Å². The van der Waals surface area contributed by atoms with Crippen LogP contribution in [0.4, 0.5) is 0 Å². The summed E-state index contributed by atoms with van der Waals surface area (Å²) in [7, 11) is 0. The molecule has 1 radical (unpaired) electrons. The average Bonchev–Trinajstić information content (AvgIpc) is 1.95. The molecule has 3 N–H and O–H groups in total. The maximum Gasteiger partial charge on any atom is 0.220 e. The summed E-state index contributed by atoms with van der Waals surface area (Å²) in [5.41, 5.74) is 5.71. The predicted molar refractivity (Wildman–Crippen MR) is 36.1 cm³/mol. The summed E-state index contributed by atoms with van der Waals surface area (Å²) in [6, 6.07) is 4.50. The Hall–Kier alpha value is -1.22. The van der Waals surface area contributed by atoms with Gasteiger partial charge in [0.05, 0.1) is 0 Å². The number of benzene rings is 1. The standard InChI is InChI=1S/C7H8NO2/c8-4-5-2-1-3-6(9)7(5)10/h1-3,10H,4,8H2. The average molecular weight is 138 g/mol. The van der Waals surface area contributed by atoms with Crippen molar-refractivity contribution in [3.05, 3.63) is 23.8 Å². The van der Waals surface area contributed by atoms with Gasteiger partial charge in [0.15, 0.2) is 5.75 Å². The van der Waals surface area contributed by atoms with Gasteiger partial charge in [0, 0.05) is 12.1 Å². The van der Waals surface area contributed by atoms with E-state index in [4.69, 9.17) is 10.8 Å². The first-order valence-electron chi connectivity index (χ1n) is 2.93. The summed E-state index contributed by atoms with van der Waals surface area (Å²) >= 11 is 0. The molecule has 1 aromatic carbocycles. The first-order chi connectivity index (χ1) is 4.75. The molecule has 3 nitrogen and oxygen atoms in total. The zero-order valence-electron chi connectivity index (χ0n) is 5.37. The quantitative estimate of drug-likeness (QED) is 0.607. The van der Waals surface area contributed by atoms with Gasteiger partial charge in [0.2, 0.25) is 5.75 Å². The lowest BCUT2D eigenvalue weighted by Crippen LogP contribution is -1.95. The molecule has 0 aliphatic heterocycles. The minimum atomic E-state index is -0.372. The number of para-hydroxylation sites is 1. The van der Waals surface area contributed by atoms with Crippen molar-refractivity contribution >= 4 is 0 Å². The van der Waals surface area contributed by atoms with E-state index in [0.29, 0.717) is 5.56 Å². The van der Waals surface area contributed by atoms with Gasteiger partial charge < -0.3 is 10.8 Å². The highest BCUT2D eigenvalue weighted by atomic mass is 16.3. The molecule has 3 heteroatoms. The largest absolute Gasteiger partial charge is 0.504 e. The van der Waals surface area contributed by atoms with Crippen molar-refractivity contribution in [2.24, 2.45) is 5.73 Å². The van der Waals surface area contributed by atoms with E-state index in [9.17, 15) is 5.11 Å². The van der Waals surface area contributed by atoms with E-state index < -0.39 is 0 Å². The summed E-state index contributed by atoms with van der Waals surface area (Å²) in [5, 5.41) is 19.7. The third-order valence-electron chi connectivity index (χ3n) is 1.30. The van der Waals surface area contributed by atoms with Gasteiger partial charge in [0.25, 0.3) is 0 Å². The molecule has 10 heavy (non-hydrogen) atoms. The van der Waals surface area contributed by atoms with E-state index in [1.807, 2.05) is 0 Å². The zero-order valence-corrected chi connectivity index (χ0v) is 5.37. The Bertz CT molecular complexity index is 235. The van der Waals surface area contributed by atoms with E-state index in [-0.39, 0.29) is 18.0 Å². The monoisotopic (exact) mass is 138 g/mol. The molecular formula is C7H8NO2. The first-order valence-corrected chi connectivity index (χ1v) is 2.93. The number of hydrogen-bond acceptors (Lipinski definition) is 2. The van der Waals surface area contributed by atoms with E-state index in [1.54, 1.807) is 12.1 Å². The van der Waals surface area contributed by atoms with Gasteiger partial charge in [-0.2, -0.15) is 0 Å². The smallest absolute Gasteiger partial charge is 0.220 e. The van der Waals surface area contributed by atoms with Crippen LogP contribution in [-0.2, 0) is 11.7 Å². The SMILES string of the molecule is NCc1cccc([O])c1O. The summed E-state index contributed by atoms with van der Waals surface area (Å²) < 4.78 is 0. The van der Waals surface area contributed by atoms with Crippen LogP contribution in [0.2, 0.25) is 0 Å². The Balaban J connectivity index is 3.14. The number of aromatic hydroxyl groups is 1. The lowest BCUT2D eigenvalue weighted by molar-refractivity contribution is 0.323. The van der Waals surface area contributed by atoms with Crippen LogP contribution < -0.4 is 5.73 Å². The second kappa shape index (κ2) is 2.58. The molecule has 0 heterocycles. The molecule has 0 amide bonds. The molecule has 0 spiro atoms. The van der Waals surface area contributed by atoms with Crippen LogP contribution in [0.15, 0.2) is 18.2 Å². The minimum absolute atomic E-state index is 0.196. The highest BCUT2D eigenvalue weighted by Gasteiger charge is 2.03. The van der Waals surface area contributed by atoms with Crippen LogP contribution in [0.25, 0.3) is 0 Å². The van der Waals surface area contributed by atoms with Crippen LogP contribution in [0.5, 0.6) is 11.5 Å². The highest BCUT2D eigenvalue weighted by Crippen LogP contribution is 2.27. The van der Waals surface area contributed by atoms with Gasteiger partial charge in [-0.25, -0.2) is 0 Å². The van der Waals surface area contributed by atoms with E-state index in [1.165, 1.54) is 6.07 Å². The fraction of sp³-hybridized carbons (Fsp3) is 0.143. The number of phenols is 1. The molecule has 0 saturated carbocycles. The normalized spacial score (nSPS) is 9.70.